The van der Waals surface area contributed by atoms with Gasteiger partial charge >= 0.3 is 0 Å². The van der Waals surface area contributed by atoms with Crippen molar-refractivity contribution < 1.29 is 39.8 Å². The maximum atomic E-state index is 13.1. The lowest BCUT2D eigenvalue weighted by atomic mass is 9.99. The molecule has 1 aliphatic rings. The van der Waals surface area contributed by atoms with E-state index in [9.17, 15) is 30.3 Å². The van der Waals surface area contributed by atoms with Crippen LogP contribution in [-0.4, -0.2) is 87.5 Å². The van der Waals surface area contributed by atoms with E-state index >= 15 is 0 Å². The van der Waals surface area contributed by atoms with Crippen molar-refractivity contribution in [3.63, 3.8) is 0 Å². The number of aliphatic hydroxyl groups is 5. The SMILES string of the molecule is CCCCCCCCCCCCCCCCCCCCCCCCC/C=C/C(O)C(COC1OC(CO)C(O)C(O)C1O)NC(=O)CCCCCCCCCCCCCCCCCCCCCCCC. The predicted octanol–water partition coefficient (Wildman–Crippen LogP) is 15.6. The predicted molar refractivity (Wildman–Crippen MR) is 295 cm³/mol. The first-order chi connectivity index (χ1) is 34.3. The van der Waals surface area contributed by atoms with E-state index in [0.29, 0.717) is 6.42 Å². The normalized spacial score (nSPS) is 19.3. The first-order valence-electron chi connectivity index (χ1n) is 30.9. The van der Waals surface area contributed by atoms with Crippen LogP contribution in [0.1, 0.15) is 316 Å². The van der Waals surface area contributed by atoms with E-state index < -0.39 is 49.5 Å². The van der Waals surface area contributed by atoms with Crippen molar-refractivity contribution in [2.45, 2.75) is 358 Å². The lowest BCUT2D eigenvalue weighted by Crippen LogP contribution is -2.60. The van der Waals surface area contributed by atoms with Gasteiger partial charge in [-0.15, -0.1) is 0 Å². The van der Waals surface area contributed by atoms with E-state index in [0.717, 1.165) is 38.5 Å². The maximum Gasteiger partial charge on any atom is 0.220 e. The van der Waals surface area contributed by atoms with Crippen molar-refractivity contribution in [1.82, 2.24) is 5.32 Å². The molecule has 6 N–H and O–H groups in total. The molecule has 9 heteroatoms. The molecule has 1 amide bonds. The molecule has 1 aliphatic heterocycles. The van der Waals surface area contributed by atoms with Gasteiger partial charge in [-0.3, -0.25) is 4.79 Å². The summed E-state index contributed by atoms with van der Waals surface area (Å²) < 4.78 is 11.3. The molecule has 9 nitrogen and oxygen atoms in total. The molecular formula is C61H119NO8. The number of rotatable bonds is 54. The summed E-state index contributed by atoms with van der Waals surface area (Å²) in [5.74, 6) is -0.169. The highest BCUT2D eigenvalue weighted by atomic mass is 16.7. The third-order valence-electron chi connectivity index (χ3n) is 15.1. The molecule has 1 saturated heterocycles. The van der Waals surface area contributed by atoms with Gasteiger partial charge < -0.3 is 40.3 Å². The van der Waals surface area contributed by atoms with Gasteiger partial charge in [0, 0.05) is 6.42 Å². The zero-order chi connectivity index (χ0) is 50.8. The Morgan fingerprint density at radius 3 is 1.11 bits per heavy atom. The summed E-state index contributed by atoms with van der Waals surface area (Å²) >= 11 is 0. The van der Waals surface area contributed by atoms with Crippen LogP contribution in [0.25, 0.3) is 0 Å². The second-order valence-corrected chi connectivity index (χ2v) is 21.9. The Morgan fingerprint density at radius 2 is 0.786 bits per heavy atom. The van der Waals surface area contributed by atoms with Crippen LogP contribution in [0, 0.1) is 0 Å². The fourth-order valence-electron chi connectivity index (χ4n) is 10.2. The van der Waals surface area contributed by atoms with Crippen LogP contribution in [0.15, 0.2) is 12.2 Å². The van der Waals surface area contributed by atoms with Gasteiger partial charge in [-0.2, -0.15) is 0 Å². The van der Waals surface area contributed by atoms with Gasteiger partial charge in [0.2, 0.25) is 5.91 Å². The monoisotopic (exact) mass is 994 g/mol. The third-order valence-corrected chi connectivity index (χ3v) is 15.1. The van der Waals surface area contributed by atoms with Crippen LogP contribution in [0.5, 0.6) is 0 Å². The van der Waals surface area contributed by atoms with Gasteiger partial charge in [0.15, 0.2) is 6.29 Å². The number of carbonyl (C=O) groups is 1. The van der Waals surface area contributed by atoms with Crippen LogP contribution in [0.2, 0.25) is 0 Å². The molecule has 1 fully saturated rings. The van der Waals surface area contributed by atoms with Gasteiger partial charge in [0.1, 0.15) is 24.4 Å². The Kier molecular flexibility index (Phi) is 49.2. The highest BCUT2D eigenvalue weighted by Crippen LogP contribution is 2.23. The first-order valence-corrected chi connectivity index (χ1v) is 30.9. The van der Waals surface area contributed by atoms with E-state index in [1.807, 2.05) is 6.08 Å². The number of ether oxygens (including phenoxy) is 2. The van der Waals surface area contributed by atoms with Crippen LogP contribution in [0.3, 0.4) is 0 Å². The molecule has 416 valence electrons. The Balaban J connectivity index is 2.19. The molecule has 70 heavy (non-hydrogen) atoms. The smallest absolute Gasteiger partial charge is 0.220 e. The fourth-order valence-corrected chi connectivity index (χ4v) is 10.2. The molecule has 0 aromatic heterocycles. The molecular weight excluding hydrogens is 875 g/mol. The van der Waals surface area contributed by atoms with Crippen LogP contribution in [-0.2, 0) is 14.3 Å². The lowest BCUT2D eigenvalue weighted by molar-refractivity contribution is -0.302. The summed E-state index contributed by atoms with van der Waals surface area (Å²) in [6.07, 6.45) is 57.2. The number of amides is 1. The minimum Gasteiger partial charge on any atom is -0.394 e. The second-order valence-electron chi connectivity index (χ2n) is 21.9. The molecule has 1 heterocycles. The summed E-state index contributed by atoms with van der Waals surface area (Å²) in [5.41, 5.74) is 0. The van der Waals surface area contributed by atoms with E-state index in [-0.39, 0.29) is 12.5 Å². The topological polar surface area (TPSA) is 149 Å². The van der Waals surface area contributed by atoms with E-state index in [1.54, 1.807) is 6.08 Å². The Bertz CT molecular complexity index is 1110. The quantitative estimate of drug-likeness (QED) is 0.0261. The Morgan fingerprint density at radius 1 is 0.471 bits per heavy atom. The van der Waals surface area contributed by atoms with Crippen molar-refractivity contribution in [2.75, 3.05) is 13.2 Å². The Labute approximate surface area is 433 Å². The molecule has 0 aromatic carbocycles. The number of nitrogens with one attached hydrogen (secondary N) is 1. The molecule has 0 bridgehead atoms. The molecule has 0 spiro atoms. The number of hydrogen-bond acceptors (Lipinski definition) is 8. The average molecular weight is 995 g/mol. The number of unbranched alkanes of at least 4 members (excludes halogenated alkanes) is 44. The minimum atomic E-state index is -1.56. The van der Waals surface area contributed by atoms with Crippen LogP contribution >= 0.6 is 0 Å². The summed E-state index contributed by atoms with van der Waals surface area (Å²) in [6, 6.07) is -0.801. The van der Waals surface area contributed by atoms with Crippen LogP contribution in [0.4, 0.5) is 0 Å². The second kappa shape index (κ2) is 51.4. The summed E-state index contributed by atoms with van der Waals surface area (Å²) in [6.45, 7) is 3.83. The molecule has 7 atom stereocenters. The average Bonchev–Trinajstić information content (AvgIpc) is 3.36. The van der Waals surface area contributed by atoms with Gasteiger partial charge in [-0.1, -0.05) is 302 Å². The molecule has 7 unspecified atom stereocenters. The lowest BCUT2D eigenvalue weighted by Gasteiger charge is -2.40. The van der Waals surface area contributed by atoms with Crippen molar-refractivity contribution in [3.05, 3.63) is 12.2 Å². The third kappa shape index (κ3) is 40.3. The number of aliphatic hydroxyl groups excluding tert-OH is 5. The van der Waals surface area contributed by atoms with Crippen molar-refractivity contribution in [2.24, 2.45) is 0 Å². The summed E-state index contributed by atoms with van der Waals surface area (Å²) in [5, 5.41) is 54.6. The molecule has 1 rings (SSSR count). The number of carbonyl (C=O) groups excluding carboxylic acids is 1. The van der Waals surface area contributed by atoms with E-state index in [2.05, 4.69) is 19.2 Å². The molecule has 0 radical (unpaired) electrons. The van der Waals surface area contributed by atoms with Gasteiger partial charge in [-0.25, -0.2) is 0 Å². The van der Waals surface area contributed by atoms with Gasteiger partial charge in [0.05, 0.1) is 25.4 Å². The number of hydrogen-bond donors (Lipinski definition) is 6. The van der Waals surface area contributed by atoms with Gasteiger partial charge in [-0.05, 0) is 19.3 Å². The Hall–Kier alpha value is -1.07. The largest absolute Gasteiger partial charge is 0.394 e. The zero-order valence-corrected chi connectivity index (χ0v) is 46.3. The standard InChI is InChI=1S/C61H119NO8/c1-3-5-7-9-11-13-15-17-19-21-23-25-27-28-29-30-32-34-36-38-40-42-44-46-48-50-55(64)54(53-69-61-60(68)59(67)58(66)56(52-63)70-61)62-57(65)51-49-47-45-43-41-39-37-35-33-31-26-24-22-20-18-16-14-12-10-8-6-4-2/h48,50,54-56,58-61,63-64,66-68H,3-47,49,51-53H2,1-2H3,(H,62,65)/b50-48+. The van der Waals surface area contributed by atoms with Gasteiger partial charge in [0.25, 0.3) is 0 Å². The molecule has 0 aliphatic carbocycles. The highest BCUT2D eigenvalue weighted by molar-refractivity contribution is 5.76. The number of allylic oxidation sites excluding steroid dienone is 1. The summed E-state index contributed by atoms with van der Waals surface area (Å²) in [4.78, 5) is 13.1. The van der Waals surface area contributed by atoms with E-state index in [1.165, 1.54) is 257 Å². The fraction of sp³-hybridized carbons (Fsp3) is 0.951. The van der Waals surface area contributed by atoms with Crippen molar-refractivity contribution in [1.29, 1.82) is 0 Å². The highest BCUT2D eigenvalue weighted by Gasteiger charge is 2.44. The van der Waals surface area contributed by atoms with E-state index in [4.69, 9.17) is 9.47 Å². The molecule has 0 aromatic rings. The van der Waals surface area contributed by atoms with Crippen LogP contribution < -0.4 is 5.32 Å². The zero-order valence-electron chi connectivity index (χ0n) is 46.3. The summed E-state index contributed by atoms with van der Waals surface area (Å²) in [7, 11) is 0. The minimum absolute atomic E-state index is 0.169. The maximum absolute atomic E-state index is 13.1. The van der Waals surface area contributed by atoms with Crippen molar-refractivity contribution in [3.8, 4) is 0 Å². The first kappa shape index (κ1) is 66.9. The van der Waals surface area contributed by atoms with Crippen molar-refractivity contribution >= 4 is 5.91 Å². The molecule has 0 saturated carbocycles.